The van der Waals surface area contributed by atoms with Crippen molar-refractivity contribution in [3.05, 3.63) is 34.6 Å². The molecule has 22 heavy (non-hydrogen) atoms. The first-order chi connectivity index (χ1) is 10.7. The molecule has 0 aliphatic carbocycles. The first-order valence-corrected chi connectivity index (χ1v) is 8.08. The highest BCUT2D eigenvalue weighted by molar-refractivity contribution is 7.99. The highest BCUT2D eigenvalue weighted by atomic mass is 32.2. The van der Waals surface area contributed by atoms with Gasteiger partial charge in [0.25, 0.3) is 5.56 Å². The van der Waals surface area contributed by atoms with E-state index in [1.54, 1.807) is 20.9 Å². The third-order valence-electron chi connectivity index (χ3n) is 3.90. The molecule has 0 spiro atoms. The fraction of sp³-hybridized carbons (Fsp3) is 0.267. The van der Waals surface area contributed by atoms with Crippen molar-refractivity contribution < 1.29 is 4.79 Å². The van der Waals surface area contributed by atoms with Gasteiger partial charge in [-0.1, -0.05) is 30.0 Å². The molecule has 1 aromatic carbocycles. The number of amides is 1. The van der Waals surface area contributed by atoms with Crippen molar-refractivity contribution in [2.24, 2.45) is 5.73 Å². The summed E-state index contributed by atoms with van der Waals surface area (Å²) in [4.78, 5) is 29.0. The van der Waals surface area contributed by atoms with Crippen molar-refractivity contribution in [1.82, 2.24) is 14.1 Å². The van der Waals surface area contributed by atoms with Crippen LogP contribution in [0.1, 0.15) is 6.42 Å². The lowest BCUT2D eigenvalue weighted by Gasteiger charge is -2.16. The van der Waals surface area contributed by atoms with Crippen LogP contribution in [-0.2, 0) is 17.9 Å². The van der Waals surface area contributed by atoms with Gasteiger partial charge in [0.2, 0.25) is 5.91 Å². The largest absolute Gasteiger partial charge is 0.368 e. The summed E-state index contributed by atoms with van der Waals surface area (Å²) in [5.74, 6) is 0.497. The molecule has 0 saturated heterocycles. The zero-order valence-electron chi connectivity index (χ0n) is 11.8. The van der Waals surface area contributed by atoms with Crippen molar-refractivity contribution in [2.75, 3.05) is 5.75 Å². The summed E-state index contributed by atoms with van der Waals surface area (Å²) in [6.45, 7) is 0.648. The molecule has 1 aliphatic rings. The van der Waals surface area contributed by atoms with E-state index in [1.165, 1.54) is 0 Å². The highest BCUT2D eigenvalue weighted by Crippen LogP contribution is 2.29. The summed E-state index contributed by atoms with van der Waals surface area (Å²) in [5.41, 5.74) is 7.20. The molecule has 1 amide bonds. The summed E-state index contributed by atoms with van der Waals surface area (Å²) in [5, 5.41) is 1.64. The maximum atomic E-state index is 12.9. The maximum absolute atomic E-state index is 12.9. The average molecular weight is 314 g/mol. The van der Waals surface area contributed by atoms with E-state index in [0.717, 1.165) is 28.2 Å². The van der Waals surface area contributed by atoms with Crippen molar-refractivity contribution in [3.8, 4) is 0 Å². The molecule has 0 fully saturated rings. The number of primary amides is 1. The Morgan fingerprint density at radius 3 is 3.00 bits per heavy atom. The molecule has 6 nitrogen and oxygen atoms in total. The van der Waals surface area contributed by atoms with E-state index < -0.39 is 5.91 Å². The number of carbonyl (C=O) groups excluding carboxylic acids is 1. The van der Waals surface area contributed by atoms with Gasteiger partial charge in [0.1, 0.15) is 17.6 Å². The highest BCUT2D eigenvalue weighted by Gasteiger charge is 2.21. The van der Waals surface area contributed by atoms with Gasteiger partial charge in [0.15, 0.2) is 5.16 Å². The number of hydrogen-bond donors (Lipinski definition) is 1. The summed E-state index contributed by atoms with van der Waals surface area (Å²) in [6.07, 6.45) is 0.945. The minimum atomic E-state index is -0.473. The molecule has 0 bridgehead atoms. The second-order valence-electron chi connectivity index (χ2n) is 5.32. The van der Waals surface area contributed by atoms with Crippen molar-refractivity contribution >= 4 is 39.6 Å². The van der Waals surface area contributed by atoms with Gasteiger partial charge in [0.05, 0.1) is 5.52 Å². The first-order valence-electron chi connectivity index (χ1n) is 7.09. The topological polar surface area (TPSA) is 82.9 Å². The minimum absolute atomic E-state index is 0.0204. The van der Waals surface area contributed by atoms with Crippen LogP contribution in [0.15, 0.2) is 34.2 Å². The van der Waals surface area contributed by atoms with Crippen molar-refractivity contribution in [2.45, 2.75) is 24.7 Å². The lowest BCUT2D eigenvalue weighted by molar-refractivity contribution is -0.118. The molecule has 7 heteroatoms. The maximum Gasteiger partial charge on any atom is 0.278 e. The monoisotopic (exact) mass is 314 g/mol. The molecule has 112 valence electrons. The number of rotatable bonds is 2. The second-order valence-corrected chi connectivity index (χ2v) is 6.38. The van der Waals surface area contributed by atoms with E-state index in [-0.39, 0.29) is 12.1 Å². The number of benzene rings is 1. The Morgan fingerprint density at radius 2 is 2.18 bits per heavy atom. The molecule has 2 aromatic heterocycles. The summed E-state index contributed by atoms with van der Waals surface area (Å²) < 4.78 is 3.39. The lowest BCUT2D eigenvalue weighted by Crippen LogP contribution is -2.28. The molecule has 0 radical (unpaired) electrons. The Balaban J connectivity index is 2.18. The predicted octanol–water partition coefficient (Wildman–Crippen LogP) is 1.33. The lowest BCUT2D eigenvalue weighted by atomic mass is 10.2. The second kappa shape index (κ2) is 4.88. The third-order valence-corrected chi connectivity index (χ3v) is 4.96. The number of hydrogen-bond acceptors (Lipinski definition) is 4. The van der Waals surface area contributed by atoms with Crippen LogP contribution in [0.5, 0.6) is 0 Å². The number of carbonyl (C=O) groups is 1. The molecule has 3 aromatic rings. The number of para-hydroxylation sites is 1. The van der Waals surface area contributed by atoms with Gasteiger partial charge in [-0.2, -0.15) is 0 Å². The van der Waals surface area contributed by atoms with Crippen LogP contribution >= 0.6 is 11.8 Å². The van der Waals surface area contributed by atoms with E-state index >= 15 is 0 Å². The van der Waals surface area contributed by atoms with Gasteiger partial charge in [-0.15, -0.1) is 0 Å². The SMILES string of the molecule is NC(=O)Cn1c2ccccc2c2nc3n(c(=O)c21)CCCS3. The van der Waals surface area contributed by atoms with Gasteiger partial charge in [-0.05, 0) is 12.5 Å². The van der Waals surface area contributed by atoms with Gasteiger partial charge < -0.3 is 10.3 Å². The van der Waals surface area contributed by atoms with Crippen LogP contribution < -0.4 is 11.3 Å². The van der Waals surface area contributed by atoms with E-state index in [4.69, 9.17) is 5.73 Å². The molecule has 3 heterocycles. The molecule has 2 N–H and O–H groups in total. The molecule has 4 rings (SSSR count). The van der Waals surface area contributed by atoms with Crippen LogP contribution in [0.2, 0.25) is 0 Å². The van der Waals surface area contributed by atoms with E-state index in [0.29, 0.717) is 17.6 Å². The Morgan fingerprint density at radius 1 is 1.36 bits per heavy atom. The molecule has 0 saturated carbocycles. The van der Waals surface area contributed by atoms with E-state index in [2.05, 4.69) is 4.98 Å². The van der Waals surface area contributed by atoms with Gasteiger partial charge in [-0.25, -0.2) is 4.98 Å². The van der Waals surface area contributed by atoms with Crippen molar-refractivity contribution in [1.29, 1.82) is 0 Å². The molecular formula is C15H14N4O2S. The van der Waals surface area contributed by atoms with E-state index in [1.807, 2.05) is 24.3 Å². The molecule has 1 aliphatic heterocycles. The number of aromatic nitrogens is 3. The van der Waals surface area contributed by atoms with Gasteiger partial charge >= 0.3 is 0 Å². The predicted molar refractivity (Wildman–Crippen MR) is 86.0 cm³/mol. The average Bonchev–Trinajstić information content (AvgIpc) is 2.82. The first kappa shape index (κ1) is 13.4. The molecule has 0 atom stereocenters. The molecular weight excluding hydrogens is 300 g/mol. The number of fused-ring (bicyclic) bond motifs is 4. The quantitative estimate of drug-likeness (QED) is 0.723. The Bertz CT molecular complexity index is 973. The van der Waals surface area contributed by atoms with Crippen LogP contribution in [0.4, 0.5) is 0 Å². The van der Waals surface area contributed by atoms with E-state index in [9.17, 15) is 9.59 Å². The smallest absolute Gasteiger partial charge is 0.278 e. The summed E-state index contributed by atoms with van der Waals surface area (Å²) in [6, 6.07) is 7.59. The normalized spacial score (nSPS) is 14.4. The van der Waals surface area contributed by atoms with Crippen molar-refractivity contribution in [3.63, 3.8) is 0 Å². The zero-order chi connectivity index (χ0) is 15.3. The number of thioether (sulfide) groups is 1. The Kier molecular flexibility index (Phi) is 2.97. The standard InChI is InChI=1S/C15H14N4O2S/c16-11(20)8-19-10-5-2-1-4-9(10)12-13(19)14(21)18-6-3-7-22-15(18)17-12/h1-2,4-5H,3,6-8H2,(H2,16,20). The van der Waals surface area contributed by atoms with Crippen LogP contribution in [0, 0.1) is 0 Å². The Labute approximate surface area is 129 Å². The van der Waals surface area contributed by atoms with Crippen LogP contribution in [0.3, 0.4) is 0 Å². The number of nitrogens with zero attached hydrogens (tertiary/aromatic N) is 3. The van der Waals surface area contributed by atoms with Gasteiger partial charge in [0, 0.05) is 17.7 Å². The van der Waals surface area contributed by atoms with Crippen LogP contribution in [0.25, 0.3) is 21.9 Å². The van der Waals surface area contributed by atoms with Crippen LogP contribution in [-0.4, -0.2) is 25.8 Å². The Hall–Kier alpha value is -2.28. The fourth-order valence-corrected chi connectivity index (χ4v) is 3.94. The summed E-state index contributed by atoms with van der Waals surface area (Å²) in [7, 11) is 0. The number of nitrogens with two attached hydrogens (primary N) is 1. The molecule has 0 unspecified atom stereocenters. The third kappa shape index (κ3) is 1.85. The summed E-state index contributed by atoms with van der Waals surface area (Å²) >= 11 is 1.60. The zero-order valence-corrected chi connectivity index (χ0v) is 12.6. The minimum Gasteiger partial charge on any atom is -0.368 e. The van der Waals surface area contributed by atoms with Gasteiger partial charge in [-0.3, -0.25) is 14.2 Å². The fourth-order valence-electron chi connectivity index (χ4n) is 3.00.